The van der Waals surface area contributed by atoms with Crippen LogP contribution in [-0.4, -0.2) is 26.0 Å². The quantitative estimate of drug-likeness (QED) is 0.529. The standard InChI is InChI=1S/C18H20FN3O3/c1-24-13-7-8-14(15(19)9-13)16(25-2)18(23)22-10-11-3-5-12(6-4-11)17(20)21/h3-9,16H,10H2,1-2H3,(H3,20,21)(H,22,23). The van der Waals surface area contributed by atoms with Gasteiger partial charge in [-0.15, -0.1) is 0 Å². The Labute approximate surface area is 145 Å². The Morgan fingerprint density at radius 2 is 1.92 bits per heavy atom. The molecule has 25 heavy (non-hydrogen) atoms. The number of rotatable bonds is 7. The minimum atomic E-state index is -1.07. The van der Waals surface area contributed by atoms with Gasteiger partial charge in [-0.25, -0.2) is 4.39 Å². The molecule has 0 bridgehead atoms. The number of carbonyl (C=O) groups is 1. The van der Waals surface area contributed by atoms with Crippen LogP contribution in [0, 0.1) is 11.2 Å². The van der Waals surface area contributed by atoms with Gasteiger partial charge in [0.15, 0.2) is 6.10 Å². The van der Waals surface area contributed by atoms with Gasteiger partial charge in [0.1, 0.15) is 17.4 Å². The molecule has 0 aromatic heterocycles. The zero-order chi connectivity index (χ0) is 18.4. The monoisotopic (exact) mass is 345 g/mol. The lowest BCUT2D eigenvalue weighted by atomic mass is 10.1. The summed E-state index contributed by atoms with van der Waals surface area (Å²) in [6.07, 6.45) is -1.07. The van der Waals surface area contributed by atoms with Crippen molar-refractivity contribution < 1.29 is 18.7 Å². The molecule has 1 unspecified atom stereocenters. The number of nitrogens with one attached hydrogen (secondary N) is 2. The predicted octanol–water partition coefficient (Wildman–Crippen LogP) is 2.12. The summed E-state index contributed by atoms with van der Waals surface area (Å²) in [5.41, 5.74) is 6.95. The number of benzene rings is 2. The summed E-state index contributed by atoms with van der Waals surface area (Å²) in [6, 6.07) is 11.1. The predicted molar refractivity (Wildman–Crippen MR) is 92.0 cm³/mol. The van der Waals surface area contributed by atoms with E-state index in [1.807, 2.05) is 0 Å². The maximum absolute atomic E-state index is 14.1. The summed E-state index contributed by atoms with van der Waals surface area (Å²) in [5, 5.41) is 10.1. The van der Waals surface area contributed by atoms with Gasteiger partial charge >= 0.3 is 0 Å². The van der Waals surface area contributed by atoms with Gasteiger partial charge in [0.05, 0.1) is 7.11 Å². The van der Waals surface area contributed by atoms with Gasteiger partial charge in [-0.05, 0) is 17.7 Å². The van der Waals surface area contributed by atoms with Crippen LogP contribution in [0.15, 0.2) is 42.5 Å². The van der Waals surface area contributed by atoms with Crippen LogP contribution in [0.2, 0.25) is 0 Å². The molecule has 0 fully saturated rings. The number of methoxy groups -OCH3 is 2. The number of hydrogen-bond acceptors (Lipinski definition) is 4. The third-order valence-corrected chi connectivity index (χ3v) is 3.70. The lowest BCUT2D eigenvalue weighted by Crippen LogP contribution is -2.30. The van der Waals surface area contributed by atoms with E-state index in [0.717, 1.165) is 5.56 Å². The third-order valence-electron chi connectivity index (χ3n) is 3.70. The lowest BCUT2D eigenvalue weighted by Gasteiger charge is -2.17. The molecule has 0 aliphatic carbocycles. The SMILES string of the molecule is COc1ccc(C(OC)C(=O)NCc2ccc(C(=N)N)cc2)c(F)c1. The molecule has 2 rings (SSSR count). The van der Waals surface area contributed by atoms with Gasteiger partial charge < -0.3 is 20.5 Å². The number of hydrogen-bond donors (Lipinski definition) is 3. The number of amidine groups is 1. The fourth-order valence-corrected chi connectivity index (χ4v) is 2.31. The van der Waals surface area contributed by atoms with E-state index in [9.17, 15) is 9.18 Å². The fourth-order valence-electron chi connectivity index (χ4n) is 2.31. The van der Waals surface area contributed by atoms with Crippen molar-refractivity contribution in [3.8, 4) is 5.75 Å². The molecule has 0 aliphatic heterocycles. The summed E-state index contributed by atoms with van der Waals surface area (Å²) in [7, 11) is 2.78. The van der Waals surface area contributed by atoms with Crippen molar-refractivity contribution in [3.05, 3.63) is 65.0 Å². The summed E-state index contributed by atoms with van der Waals surface area (Å²) in [5.74, 6) is -0.693. The Hall–Kier alpha value is -2.93. The molecule has 0 saturated heterocycles. The first-order chi connectivity index (χ1) is 12.0. The molecule has 0 aliphatic rings. The van der Waals surface area contributed by atoms with Gasteiger partial charge in [-0.3, -0.25) is 10.2 Å². The highest BCUT2D eigenvalue weighted by Gasteiger charge is 2.23. The smallest absolute Gasteiger partial charge is 0.254 e. The first-order valence-electron chi connectivity index (χ1n) is 7.53. The number of carbonyl (C=O) groups excluding carboxylic acids is 1. The second-order valence-corrected chi connectivity index (χ2v) is 5.33. The van der Waals surface area contributed by atoms with Gasteiger partial charge in [-0.1, -0.05) is 24.3 Å². The maximum Gasteiger partial charge on any atom is 0.254 e. The van der Waals surface area contributed by atoms with E-state index in [1.54, 1.807) is 30.3 Å². The molecule has 0 radical (unpaired) electrons. The van der Waals surface area contributed by atoms with E-state index in [4.69, 9.17) is 20.6 Å². The van der Waals surface area contributed by atoms with Crippen molar-refractivity contribution in [2.45, 2.75) is 12.6 Å². The number of amides is 1. The Balaban J connectivity index is 2.06. The van der Waals surface area contributed by atoms with Crippen LogP contribution < -0.4 is 15.8 Å². The van der Waals surface area contributed by atoms with Crippen molar-refractivity contribution in [1.82, 2.24) is 5.32 Å². The number of nitrogens with two attached hydrogens (primary N) is 1. The van der Waals surface area contributed by atoms with E-state index in [1.165, 1.54) is 26.4 Å². The summed E-state index contributed by atoms with van der Waals surface area (Å²) < 4.78 is 24.3. The maximum atomic E-state index is 14.1. The van der Waals surface area contributed by atoms with Gasteiger partial charge in [0, 0.05) is 30.8 Å². The third kappa shape index (κ3) is 4.54. The Bertz CT molecular complexity index is 763. The molecule has 0 saturated carbocycles. The summed E-state index contributed by atoms with van der Waals surface area (Å²) >= 11 is 0. The van der Waals surface area contributed by atoms with E-state index in [0.29, 0.717) is 11.3 Å². The average molecular weight is 345 g/mol. The van der Waals surface area contributed by atoms with E-state index in [-0.39, 0.29) is 17.9 Å². The minimum absolute atomic E-state index is 0.0231. The zero-order valence-electron chi connectivity index (χ0n) is 14.0. The van der Waals surface area contributed by atoms with Crippen molar-refractivity contribution in [1.29, 1.82) is 5.41 Å². The van der Waals surface area contributed by atoms with Crippen LogP contribution >= 0.6 is 0 Å². The molecule has 0 spiro atoms. The first-order valence-corrected chi connectivity index (χ1v) is 7.53. The molecule has 2 aromatic carbocycles. The minimum Gasteiger partial charge on any atom is -0.497 e. The molecule has 0 heterocycles. The normalized spacial score (nSPS) is 11.6. The topological polar surface area (TPSA) is 97.4 Å². The molecule has 6 nitrogen and oxygen atoms in total. The van der Waals surface area contributed by atoms with E-state index >= 15 is 0 Å². The molecule has 2 aromatic rings. The Morgan fingerprint density at radius 3 is 2.44 bits per heavy atom. The second-order valence-electron chi connectivity index (χ2n) is 5.33. The Kier molecular flexibility index (Phi) is 6.08. The highest BCUT2D eigenvalue weighted by Crippen LogP contribution is 2.24. The van der Waals surface area contributed by atoms with Gasteiger partial charge in [0.25, 0.3) is 5.91 Å². The van der Waals surface area contributed by atoms with Crippen LogP contribution in [0.4, 0.5) is 4.39 Å². The Morgan fingerprint density at radius 1 is 1.24 bits per heavy atom. The number of halogens is 1. The largest absolute Gasteiger partial charge is 0.497 e. The summed E-state index contributed by atoms with van der Waals surface area (Å²) in [6.45, 7) is 0.245. The first kappa shape index (κ1) is 18.4. The molecule has 1 amide bonds. The average Bonchev–Trinajstić information content (AvgIpc) is 2.62. The number of nitrogen functional groups attached to an aromatic ring is 1. The molecule has 7 heteroatoms. The van der Waals surface area contributed by atoms with Crippen LogP contribution in [0.3, 0.4) is 0 Å². The molecule has 132 valence electrons. The van der Waals surface area contributed by atoms with Gasteiger partial charge in [0.2, 0.25) is 0 Å². The van der Waals surface area contributed by atoms with Crippen LogP contribution in [0.5, 0.6) is 5.75 Å². The summed E-state index contributed by atoms with van der Waals surface area (Å²) in [4.78, 5) is 12.3. The van der Waals surface area contributed by atoms with Crippen LogP contribution in [-0.2, 0) is 16.1 Å². The lowest BCUT2D eigenvalue weighted by molar-refractivity contribution is -0.131. The highest BCUT2D eigenvalue weighted by molar-refractivity contribution is 5.94. The van der Waals surface area contributed by atoms with Crippen molar-refractivity contribution >= 4 is 11.7 Å². The second kappa shape index (κ2) is 8.25. The van der Waals surface area contributed by atoms with Crippen LogP contribution in [0.1, 0.15) is 22.8 Å². The zero-order valence-corrected chi connectivity index (χ0v) is 14.0. The number of ether oxygens (including phenoxy) is 2. The molecular weight excluding hydrogens is 325 g/mol. The van der Waals surface area contributed by atoms with Gasteiger partial charge in [-0.2, -0.15) is 0 Å². The molecular formula is C18H20FN3O3. The van der Waals surface area contributed by atoms with Crippen molar-refractivity contribution in [2.24, 2.45) is 5.73 Å². The van der Waals surface area contributed by atoms with Crippen LogP contribution in [0.25, 0.3) is 0 Å². The molecule has 4 N–H and O–H groups in total. The van der Waals surface area contributed by atoms with E-state index in [2.05, 4.69) is 5.32 Å². The van der Waals surface area contributed by atoms with Crippen molar-refractivity contribution in [3.63, 3.8) is 0 Å². The molecule has 1 atom stereocenters. The highest BCUT2D eigenvalue weighted by atomic mass is 19.1. The van der Waals surface area contributed by atoms with Crippen molar-refractivity contribution in [2.75, 3.05) is 14.2 Å². The van der Waals surface area contributed by atoms with E-state index < -0.39 is 17.8 Å². The fraction of sp³-hybridized carbons (Fsp3) is 0.222.